The molecule has 1 aliphatic carbocycles. The molecule has 66 heavy (non-hydrogen) atoms. The fraction of sp³-hybridized carbons (Fsp3) is 0.349. The summed E-state index contributed by atoms with van der Waals surface area (Å²) in [5, 5.41) is 15.6. The van der Waals surface area contributed by atoms with Crippen LogP contribution in [0.5, 0.6) is 0 Å². The maximum absolute atomic E-state index is 14.7. The number of nitrogens with one attached hydrogen (secondary N) is 5. The number of anilines is 1. The second-order valence-electron chi connectivity index (χ2n) is 15.4. The predicted molar refractivity (Wildman–Crippen MR) is 231 cm³/mol. The van der Waals surface area contributed by atoms with Gasteiger partial charge in [0.1, 0.15) is 18.1 Å². The highest BCUT2D eigenvalue weighted by Crippen LogP contribution is 2.38. The third kappa shape index (κ3) is 11.3. The third-order valence-corrected chi connectivity index (χ3v) is 13.4. The van der Waals surface area contributed by atoms with Gasteiger partial charge in [-0.05, 0) is 28.7 Å². The zero-order valence-corrected chi connectivity index (χ0v) is 37.2. The maximum Gasteiger partial charge on any atom is 0.293 e. The van der Waals surface area contributed by atoms with Crippen LogP contribution in [0.2, 0.25) is 0 Å². The van der Waals surface area contributed by atoms with Crippen molar-refractivity contribution in [2.24, 2.45) is 5.92 Å². The first-order chi connectivity index (χ1) is 31.4. The lowest BCUT2D eigenvalue weighted by molar-refractivity contribution is -0.143. The van der Waals surface area contributed by atoms with E-state index in [1.807, 2.05) is 5.32 Å². The average molecular weight is 951 g/mol. The van der Waals surface area contributed by atoms with E-state index in [0.29, 0.717) is 34.4 Å². The molecular formula is C43H44F2N8O11S2. The minimum absolute atomic E-state index is 0.0226. The van der Waals surface area contributed by atoms with Crippen LogP contribution in [0.15, 0.2) is 77.1 Å². The summed E-state index contributed by atoms with van der Waals surface area (Å²) in [5.41, 5.74) is 2.56. The van der Waals surface area contributed by atoms with Gasteiger partial charge in [0, 0.05) is 37.4 Å². The van der Waals surface area contributed by atoms with Crippen molar-refractivity contribution in [3.05, 3.63) is 95.1 Å². The van der Waals surface area contributed by atoms with Crippen LogP contribution < -0.4 is 26.0 Å². The lowest BCUT2D eigenvalue weighted by Gasteiger charge is -2.32. The first kappa shape index (κ1) is 48.6. The van der Waals surface area contributed by atoms with Crippen LogP contribution in [-0.2, 0) is 50.1 Å². The molecule has 0 saturated carbocycles. The predicted octanol–water partition coefficient (Wildman–Crippen LogP) is 2.37. The van der Waals surface area contributed by atoms with Crippen molar-refractivity contribution >= 4 is 73.5 Å². The van der Waals surface area contributed by atoms with Crippen LogP contribution in [0.25, 0.3) is 11.1 Å². The first-order valence-electron chi connectivity index (χ1n) is 20.5. The van der Waals surface area contributed by atoms with Crippen LogP contribution in [0.1, 0.15) is 71.9 Å². The molecule has 0 radical (unpaired) electrons. The standard InChI is InChI=1S/C43H44F2N8O11S2/c1-4-22(2)35(49-38(58)29-16-10-15-27-26-13-8-9-14-28(26)36(56)34(27)29)41(61)53-20-25(64-21-24-11-6-5-7-12-24)17-31(53)39(59)48-30(18-32(44)45)37(57)40(60)46-19-33(55)52-66(62,63)43-51-50-42(65-43)47-23(3)54/h5-16,22,25,30-32,35H,4,17-21H2,1-3H3,(H,46,60)(H,48,59)(H,49,58)(H,52,55)(H,47,50,54)/t22-,25-,30+,31+,35+/m1/s1. The molecule has 0 unspecified atom stereocenters. The highest BCUT2D eigenvalue weighted by atomic mass is 32.2. The number of likely N-dealkylation sites (tertiary alicyclic amines) is 1. The first-order valence-corrected chi connectivity index (χ1v) is 22.8. The van der Waals surface area contributed by atoms with Crippen molar-refractivity contribution in [1.82, 2.24) is 35.8 Å². The highest BCUT2D eigenvalue weighted by Gasteiger charge is 2.45. The summed E-state index contributed by atoms with van der Waals surface area (Å²) in [6.45, 7) is 3.31. The summed E-state index contributed by atoms with van der Waals surface area (Å²) in [7, 11) is -4.66. The fourth-order valence-corrected chi connectivity index (χ4v) is 9.30. The SMILES string of the molecule is CC[C@@H](C)[C@H](NC(=O)c1cccc2c1C(=O)c1ccccc1-2)C(=O)N1C[C@H](OCc2ccccc2)C[C@H]1C(=O)N[C@@H](CC(F)F)C(=O)C(=O)NCC(=O)NS(=O)(=O)c1nnc(NC(C)=O)s1. The van der Waals surface area contributed by atoms with Crippen molar-refractivity contribution in [3.8, 4) is 11.1 Å². The van der Waals surface area contributed by atoms with E-state index in [4.69, 9.17) is 4.74 Å². The normalized spacial score (nSPS) is 16.6. The number of ketones is 2. The molecule has 0 spiro atoms. The van der Waals surface area contributed by atoms with Crippen LogP contribution >= 0.6 is 11.3 Å². The number of rotatable bonds is 19. The number of amides is 6. The van der Waals surface area contributed by atoms with E-state index in [-0.39, 0.29) is 41.6 Å². The molecule has 3 aromatic carbocycles. The van der Waals surface area contributed by atoms with E-state index in [0.717, 1.165) is 17.4 Å². The van der Waals surface area contributed by atoms with Gasteiger partial charge in [0.15, 0.2) is 5.78 Å². The Morgan fingerprint density at radius 2 is 1.59 bits per heavy atom. The Morgan fingerprint density at radius 3 is 2.27 bits per heavy atom. The lowest BCUT2D eigenvalue weighted by Crippen LogP contribution is -2.58. The zero-order chi connectivity index (χ0) is 47.9. The van der Waals surface area contributed by atoms with Crippen molar-refractivity contribution in [1.29, 1.82) is 0 Å². The minimum atomic E-state index is -4.66. The van der Waals surface area contributed by atoms with E-state index in [9.17, 15) is 55.6 Å². The Labute approximate surface area is 380 Å². The summed E-state index contributed by atoms with van der Waals surface area (Å²) >= 11 is 0.404. The summed E-state index contributed by atoms with van der Waals surface area (Å²) < 4.78 is 60.0. The fourth-order valence-electron chi connectivity index (χ4n) is 7.37. The van der Waals surface area contributed by atoms with Crippen molar-refractivity contribution < 1.29 is 60.3 Å². The average Bonchev–Trinajstić information content (AvgIpc) is 4.02. The minimum Gasteiger partial charge on any atom is -0.372 e. The van der Waals surface area contributed by atoms with E-state index in [2.05, 4.69) is 26.1 Å². The second-order valence-corrected chi connectivity index (χ2v) is 18.3. The van der Waals surface area contributed by atoms with Gasteiger partial charge in [-0.25, -0.2) is 13.5 Å². The quantitative estimate of drug-likeness (QED) is 0.0589. The number of aromatic nitrogens is 2. The molecular weight excluding hydrogens is 907 g/mol. The van der Waals surface area contributed by atoms with Crippen molar-refractivity contribution in [2.75, 3.05) is 18.4 Å². The van der Waals surface area contributed by atoms with Crippen LogP contribution in [-0.4, -0.2) is 114 Å². The number of halogens is 2. The highest BCUT2D eigenvalue weighted by molar-refractivity contribution is 7.92. The second kappa shape index (κ2) is 21.0. The molecule has 2 aliphatic rings. The van der Waals surface area contributed by atoms with Gasteiger partial charge in [0.05, 0.1) is 24.8 Å². The molecule has 1 aliphatic heterocycles. The van der Waals surface area contributed by atoms with Gasteiger partial charge in [0.25, 0.3) is 32.1 Å². The number of hydrogen-bond acceptors (Lipinski definition) is 14. The Kier molecular flexibility index (Phi) is 15.4. The van der Waals surface area contributed by atoms with Gasteiger partial charge in [-0.2, -0.15) is 8.42 Å². The zero-order valence-electron chi connectivity index (χ0n) is 35.5. The van der Waals surface area contributed by atoms with Crippen molar-refractivity contribution in [3.63, 3.8) is 0 Å². The summed E-state index contributed by atoms with van der Waals surface area (Å²) in [6, 6.07) is 15.7. The largest absolute Gasteiger partial charge is 0.372 e. The number of fused-ring (bicyclic) bond motifs is 3. The van der Waals surface area contributed by atoms with E-state index in [1.165, 1.54) is 6.07 Å². The molecule has 1 saturated heterocycles. The third-order valence-electron chi connectivity index (χ3n) is 10.8. The monoisotopic (exact) mass is 950 g/mol. The smallest absolute Gasteiger partial charge is 0.293 e. The molecule has 5 atom stereocenters. The number of alkyl halides is 2. The topological polar surface area (TPSA) is 269 Å². The van der Waals surface area contributed by atoms with Gasteiger partial charge in [-0.3, -0.25) is 38.4 Å². The van der Waals surface area contributed by atoms with Crippen LogP contribution in [0, 0.1) is 5.92 Å². The molecule has 4 aromatic rings. The molecule has 0 bridgehead atoms. The number of Topliss-reactive ketones (excluding diaryl/α,β-unsaturated/α-hetero) is 1. The lowest BCUT2D eigenvalue weighted by atomic mass is 9.95. The molecule has 1 fully saturated rings. The number of nitrogens with zero attached hydrogens (tertiary/aromatic N) is 3. The number of sulfonamides is 1. The Hall–Kier alpha value is -6.85. The van der Waals surface area contributed by atoms with E-state index in [1.54, 1.807) is 85.3 Å². The summed E-state index contributed by atoms with van der Waals surface area (Å²) in [4.78, 5) is 107. The number of hydrogen-bond donors (Lipinski definition) is 5. The number of carbonyl (C=O) groups excluding carboxylic acids is 8. The van der Waals surface area contributed by atoms with Gasteiger partial charge < -0.3 is 30.9 Å². The Bertz CT molecular complexity index is 2670. The summed E-state index contributed by atoms with van der Waals surface area (Å²) in [5.74, 6) is -8.72. The van der Waals surface area contributed by atoms with Crippen LogP contribution in [0.3, 0.4) is 0 Å². The van der Waals surface area contributed by atoms with E-state index >= 15 is 0 Å². The number of ether oxygens (including phenoxy) is 1. The molecule has 19 nitrogen and oxygen atoms in total. The Balaban J connectivity index is 1.18. The molecule has 348 valence electrons. The van der Waals surface area contributed by atoms with E-state index < -0.39 is 105 Å². The molecule has 6 amide bonds. The molecule has 2 heterocycles. The van der Waals surface area contributed by atoms with Crippen LogP contribution in [0.4, 0.5) is 13.9 Å². The maximum atomic E-state index is 14.7. The number of benzene rings is 3. The van der Waals surface area contributed by atoms with Gasteiger partial charge in [-0.1, -0.05) is 98.3 Å². The van der Waals surface area contributed by atoms with Gasteiger partial charge >= 0.3 is 0 Å². The molecule has 23 heteroatoms. The molecule has 5 N–H and O–H groups in total. The Morgan fingerprint density at radius 1 is 0.909 bits per heavy atom. The van der Waals surface area contributed by atoms with Gasteiger partial charge in [-0.15, -0.1) is 10.2 Å². The van der Waals surface area contributed by atoms with Gasteiger partial charge in [0.2, 0.25) is 35.1 Å². The summed E-state index contributed by atoms with van der Waals surface area (Å²) in [6.07, 6.45) is -5.26. The molecule has 1 aromatic heterocycles. The molecule has 6 rings (SSSR count). The van der Waals surface area contributed by atoms with Crippen molar-refractivity contribution in [2.45, 2.75) is 81.6 Å². The number of carbonyl (C=O) groups is 8.